The van der Waals surface area contributed by atoms with E-state index in [1.54, 1.807) is 41.1 Å². The summed E-state index contributed by atoms with van der Waals surface area (Å²) in [6.07, 6.45) is 3.90. The fourth-order valence-electron chi connectivity index (χ4n) is 4.68. The summed E-state index contributed by atoms with van der Waals surface area (Å²) < 4.78 is 12.5. The molecule has 168 valence electrons. The Kier molecular flexibility index (Phi) is 4.93. The molecule has 3 aromatic heterocycles. The van der Waals surface area contributed by atoms with Gasteiger partial charge < -0.3 is 19.4 Å². The van der Waals surface area contributed by atoms with E-state index in [1.807, 2.05) is 13.0 Å². The van der Waals surface area contributed by atoms with E-state index in [1.165, 1.54) is 7.11 Å². The van der Waals surface area contributed by atoms with Crippen LogP contribution in [0.25, 0.3) is 32.7 Å². The summed E-state index contributed by atoms with van der Waals surface area (Å²) in [6, 6.07) is 6.77. The topological polar surface area (TPSA) is 113 Å². The molecule has 0 radical (unpaired) electrons. The van der Waals surface area contributed by atoms with Gasteiger partial charge >= 0.3 is 0 Å². The van der Waals surface area contributed by atoms with Gasteiger partial charge in [-0.3, -0.25) is 14.2 Å². The molecule has 9 nitrogen and oxygen atoms in total. The summed E-state index contributed by atoms with van der Waals surface area (Å²) in [5.74, 6) is 0.619. The Morgan fingerprint density at radius 2 is 1.91 bits per heavy atom. The van der Waals surface area contributed by atoms with E-state index in [-0.39, 0.29) is 17.4 Å². The molecule has 33 heavy (non-hydrogen) atoms. The minimum Gasteiger partial charge on any atom is -0.493 e. The van der Waals surface area contributed by atoms with Crippen LogP contribution in [0.15, 0.2) is 35.4 Å². The Morgan fingerprint density at radius 1 is 1.21 bits per heavy atom. The van der Waals surface area contributed by atoms with Crippen molar-refractivity contribution in [1.82, 2.24) is 19.4 Å². The van der Waals surface area contributed by atoms with Crippen molar-refractivity contribution < 1.29 is 14.3 Å². The normalized spacial score (nSPS) is 14.9. The Labute approximate surface area is 189 Å². The van der Waals surface area contributed by atoms with Crippen LogP contribution in [0.3, 0.4) is 0 Å². The lowest BCUT2D eigenvalue weighted by atomic mass is 9.99. The average Bonchev–Trinajstić information content (AvgIpc) is 3.29. The molecular weight excluding hydrogens is 422 g/mol. The number of nitrogens with zero attached hydrogens (tertiary/aromatic N) is 4. The van der Waals surface area contributed by atoms with Gasteiger partial charge in [-0.05, 0) is 24.6 Å². The monoisotopic (exact) mass is 445 g/mol. The number of benzene rings is 1. The van der Waals surface area contributed by atoms with Crippen LogP contribution >= 0.6 is 0 Å². The number of H-pyrrole nitrogens is 1. The van der Waals surface area contributed by atoms with E-state index >= 15 is 0 Å². The van der Waals surface area contributed by atoms with E-state index < -0.39 is 6.04 Å². The molecule has 5 rings (SSSR count). The zero-order valence-corrected chi connectivity index (χ0v) is 18.6. The summed E-state index contributed by atoms with van der Waals surface area (Å²) in [7, 11) is 3.06. The first-order chi connectivity index (χ1) is 16.0. The second-order valence-corrected chi connectivity index (χ2v) is 8.18. The van der Waals surface area contributed by atoms with Gasteiger partial charge in [0.05, 0.1) is 37.1 Å². The molecule has 0 spiro atoms. The highest BCUT2D eigenvalue weighted by Gasteiger charge is 2.36. The molecule has 0 bridgehead atoms. The average molecular weight is 445 g/mol. The summed E-state index contributed by atoms with van der Waals surface area (Å²) in [6.45, 7) is 2.66. The van der Waals surface area contributed by atoms with Crippen LogP contribution < -0.4 is 15.0 Å². The van der Waals surface area contributed by atoms with Crippen molar-refractivity contribution in [2.45, 2.75) is 19.4 Å². The Hall–Kier alpha value is -4.06. The van der Waals surface area contributed by atoms with Crippen LogP contribution in [-0.4, -0.2) is 52.7 Å². The van der Waals surface area contributed by atoms with Gasteiger partial charge in [0.15, 0.2) is 11.5 Å². The van der Waals surface area contributed by atoms with E-state index in [9.17, 15) is 9.59 Å². The van der Waals surface area contributed by atoms with E-state index in [0.29, 0.717) is 52.9 Å². The number of fused-ring (bicyclic) bond motifs is 5. The Bertz CT molecular complexity index is 1510. The molecule has 1 saturated heterocycles. The van der Waals surface area contributed by atoms with Gasteiger partial charge in [0.2, 0.25) is 5.91 Å². The lowest BCUT2D eigenvalue weighted by molar-refractivity contribution is -0.140. The maximum atomic E-state index is 13.9. The highest BCUT2D eigenvalue weighted by atomic mass is 16.5. The smallest absolute Gasteiger partial charge is 0.259 e. The van der Waals surface area contributed by atoms with Gasteiger partial charge in [0.25, 0.3) is 5.56 Å². The standard InChI is InChI=1S/C24H23N5O4/c1-4-18(24(31)28-11-13(9-25)12-28)29-21-14-5-6-26-22(14)27-10-17(21)15-7-19(32-2)20(33-3)8-16(15)23(29)30/h5-8,10,13,18H,4,11-12H2,1-3H3,(H,26,27). The van der Waals surface area contributed by atoms with Crippen LogP contribution in [0.5, 0.6) is 11.5 Å². The van der Waals surface area contributed by atoms with E-state index in [2.05, 4.69) is 16.0 Å². The van der Waals surface area contributed by atoms with Gasteiger partial charge in [-0.25, -0.2) is 4.98 Å². The van der Waals surface area contributed by atoms with Crippen molar-refractivity contribution in [2.75, 3.05) is 27.3 Å². The molecule has 1 unspecified atom stereocenters. The van der Waals surface area contributed by atoms with Crippen LogP contribution in [-0.2, 0) is 4.79 Å². The third-order valence-electron chi connectivity index (χ3n) is 6.42. The molecule has 9 heteroatoms. The molecule has 1 atom stereocenters. The van der Waals surface area contributed by atoms with Crippen molar-refractivity contribution in [3.8, 4) is 17.6 Å². The molecule has 1 aromatic carbocycles. The number of nitrogens with one attached hydrogen (secondary N) is 1. The number of hydrogen-bond donors (Lipinski definition) is 1. The SMILES string of the molecule is CCC(C(=O)N1CC(C#N)C1)n1c(=O)c2cc(OC)c(OC)cc2c2cnc3[nH]ccc3c21. The maximum absolute atomic E-state index is 13.9. The van der Waals surface area contributed by atoms with Gasteiger partial charge in [0, 0.05) is 41.6 Å². The Morgan fingerprint density at radius 3 is 2.55 bits per heavy atom. The second-order valence-electron chi connectivity index (χ2n) is 8.18. The fourth-order valence-corrected chi connectivity index (χ4v) is 4.68. The highest BCUT2D eigenvalue weighted by Crippen LogP contribution is 2.37. The number of hydrogen-bond acceptors (Lipinski definition) is 6. The number of aromatic nitrogens is 3. The second kappa shape index (κ2) is 7.81. The number of aromatic amines is 1. The first kappa shape index (κ1) is 20.8. The van der Waals surface area contributed by atoms with Crippen LogP contribution in [0.4, 0.5) is 0 Å². The van der Waals surface area contributed by atoms with Gasteiger partial charge in [-0.1, -0.05) is 6.92 Å². The highest BCUT2D eigenvalue weighted by molar-refractivity contribution is 6.14. The predicted molar refractivity (Wildman–Crippen MR) is 123 cm³/mol. The van der Waals surface area contributed by atoms with E-state index in [4.69, 9.17) is 14.7 Å². The third kappa shape index (κ3) is 3.02. The number of rotatable bonds is 5. The van der Waals surface area contributed by atoms with Gasteiger partial charge in [0.1, 0.15) is 11.7 Å². The summed E-state index contributed by atoms with van der Waals surface area (Å²) in [5, 5.41) is 11.7. The lowest BCUT2D eigenvalue weighted by Crippen LogP contribution is -2.52. The first-order valence-electron chi connectivity index (χ1n) is 10.8. The lowest BCUT2D eigenvalue weighted by Gasteiger charge is -2.38. The molecule has 0 saturated carbocycles. The van der Waals surface area contributed by atoms with E-state index in [0.717, 1.165) is 10.8 Å². The maximum Gasteiger partial charge on any atom is 0.259 e. The van der Waals surface area contributed by atoms with Gasteiger partial charge in [-0.2, -0.15) is 5.26 Å². The van der Waals surface area contributed by atoms with Crippen molar-refractivity contribution in [3.63, 3.8) is 0 Å². The van der Waals surface area contributed by atoms with Crippen LogP contribution in [0.2, 0.25) is 0 Å². The third-order valence-corrected chi connectivity index (χ3v) is 6.42. The van der Waals surface area contributed by atoms with Gasteiger partial charge in [-0.15, -0.1) is 0 Å². The number of amides is 1. The number of nitriles is 1. The molecule has 4 aromatic rings. The molecule has 1 aliphatic heterocycles. The zero-order chi connectivity index (χ0) is 23.3. The number of carbonyl (C=O) groups is 1. The predicted octanol–water partition coefficient (Wildman–Crippen LogP) is 2.98. The fraction of sp³-hybridized carbons (Fsp3) is 0.333. The number of ether oxygens (including phenoxy) is 2. The quantitative estimate of drug-likeness (QED) is 0.473. The minimum atomic E-state index is -0.711. The van der Waals surface area contributed by atoms with Crippen LogP contribution in [0, 0.1) is 17.2 Å². The largest absolute Gasteiger partial charge is 0.493 e. The molecule has 0 aliphatic carbocycles. The van der Waals surface area contributed by atoms with Crippen LogP contribution in [0.1, 0.15) is 19.4 Å². The molecule has 4 heterocycles. The Balaban J connectivity index is 1.85. The molecular formula is C24H23N5O4. The molecule has 1 N–H and O–H groups in total. The summed E-state index contributed by atoms with van der Waals surface area (Å²) in [4.78, 5) is 36.6. The molecule has 1 aliphatic rings. The van der Waals surface area contributed by atoms with Crippen molar-refractivity contribution in [1.29, 1.82) is 5.26 Å². The molecule has 1 fully saturated rings. The number of methoxy groups -OCH3 is 2. The first-order valence-corrected chi connectivity index (χ1v) is 10.8. The minimum absolute atomic E-state index is 0.158. The number of pyridine rings is 2. The molecule has 1 amide bonds. The zero-order valence-electron chi connectivity index (χ0n) is 18.6. The summed E-state index contributed by atoms with van der Waals surface area (Å²) >= 11 is 0. The number of likely N-dealkylation sites (tertiary alicyclic amines) is 1. The summed E-state index contributed by atoms with van der Waals surface area (Å²) in [5.41, 5.74) is 0.986. The van der Waals surface area contributed by atoms with Crippen molar-refractivity contribution in [3.05, 3.63) is 40.9 Å². The number of carbonyl (C=O) groups excluding carboxylic acids is 1. The van der Waals surface area contributed by atoms with Crippen molar-refractivity contribution >= 4 is 38.6 Å². The van der Waals surface area contributed by atoms with Crippen molar-refractivity contribution in [2.24, 2.45) is 5.92 Å².